The number of nitrogens with two attached hydrogens (primary N) is 1. The van der Waals surface area contributed by atoms with Crippen LogP contribution in [-0.4, -0.2) is 49.3 Å². The molecule has 2 atom stereocenters. The number of carbonyl (C=O) groups excluding carboxylic acids is 2. The van der Waals surface area contributed by atoms with Gasteiger partial charge in [0.05, 0.1) is 13.2 Å². The van der Waals surface area contributed by atoms with E-state index in [0.29, 0.717) is 12.8 Å². The number of hydrogen-bond donors (Lipinski definition) is 2. The summed E-state index contributed by atoms with van der Waals surface area (Å²) in [6, 6.07) is 0. The van der Waals surface area contributed by atoms with E-state index in [1.807, 2.05) is 12.2 Å². The fraction of sp³-hybridized carbons (Fsp3) is 0.660. The van der Waals surface area contributed by atoms with Gasteiger partial charge in [0.1, 0.15) is 6.61 Å². The van der Waals surface area contributed by atoms with Crippen molar-refractivity contribution >= 4 is 19.8 Å². The predicted molar refractivity (Wildman–Crippen MR) is 238 cm³/mol. The van der Waals surface area contributed by atoms with Gasteiger partial charge in [0, 0.05) is 19.4 Å². The Kier molecular flexibility index (Phi) is 40.7. The summed E-state index contributed by atoms with van der Waals surface area (Å²) in [7, 11) is -4.40. The molecule has 0 bridgehead atoms. The van der Waals surface area contributed by atoms with Crippen molar-refractivity contribution in [2.24, 2.45) is 5.73 Å². The first-order valence-electron chi connectivity index (χ1n) is 22.1. The third-order valence-corrected chi connectivity index (χ3v) is 9.75. The summed E-state index contributed by atoms with van der Waals surface area (Å²) in [6.45, 7) is 3.57. The van der Waals surface area contributed by atoms with Crippen LogP contribution in [0.15, 0.2) is 85.1 Å². The van der Waals surface area contributed by atoms with Gasteiger partial charge >= 0.3 is 19.8 Å². The topological polar surface area (TPSA) is 134 Å². The van der Waals surface area contributed by atoms with Crippen LogP contribution in [0.4, 0.5) is 0 Å². The number of hydrogen-bond acceptors (Lipinski definition) is 8. The van der Waals surface area contributed by atoms with Crippen LogP contribution in [-0.2, 0) is 32.7 Å². The Hall–Kier alpha value is -2.81. The van der Waals surface area contributed by atoms with Gasteiger partial charge in [-0.05, 0) is 83.5 Å². The molecule has 0 saturated heterocycles. The van der Waals surface area contributed by atoms with Crippen molar-refractivity contribution in [2.75, 3.05) is 26.4 Å². The molecular weight excluding hydrogens is 737 g/mol. The summed E-state index contributed by atoms with van der Waals surface area (Å²) >= 11 is 0. The highest BCUT2D eigenvalue weighted by Gasteiger charge is 2.25. The molecule has 0 aromatic heterocycles. The molecule has 0 aromatic rings. The number of allylic oxidation sites excluding steroid dienone is 14. The normalized spacial score (nSPS) is 14.1. The van der Waals surface area contributed by atoms with Gasteiger partial charge in [-0.3, -0.25) is 18.6 Å². The minimum atomic E-state index is -4.40. The van der Waals surface area contributed by atoms with E-state index in [4.69, 9.17) is 24.3 Å². The summed E-state index contributed by atoms with van der Waals surface area (Å²) < 4.78 is 32.7. The molecule has 0 heterocycles. The first kappa shape index (κ1) is 54.2. The second-order valence-electron chi connectivity index (χ2n) is 14.2. The molecule has 0 rings (SSSR count). The van der Waals surface area contributed by atoms with Crippen molar-refractivity contribution in [2.45, 2.75) is 174 Å². The summed E-state index contributed by atoms with van der Waals surface area (Å²) in [4.78, 5) is 34.9. The van der Waals surface area contributed by atoms with Crippen molar-refractivity contribution in [3.63, 3.8) is 0 Å². The van der Waals surface area contributed by atoms with E-state index in [1.165, 1.54) is 70.6 Å². The molecule has 0 aliphatic heterocycles. The zero-order valence-corrected chi connectivity index (χ0v) is 36.7. The fourth-order valence-corrected chi connectivity index (χ4v) is 6.23. The maximum atomic E-state index is 12.6. The Balaban J connectivity index is 4.30. The molecule has 0 aliphatic carbocycles. The highest BCUT2D eigenvalue weighted by Crippen LogP contribution is 2.43. The van der Waals surface area contributed by atoms with Gasteiger partial charge in [-0.15, -0.1) is 0 Å². The summed E-state index contributed by atoms with van der Waals surface area (Å²) in [5.74, 6) is -0.941. The van der Waals surface area contributed by atoms with E-state index in [9.17, 15) is 19.0 Å². The predicted octanol–water partition coefficient (Wildman–Crippen LogP) is 12.8. The third-order valence-electron chi connectivity index (χ3n) is 8.77. The molecule has 3 N–H and O–H groups in total. The molecule has 10 heteroatoms. The minimum absolute atomic E-state index is 0.0383. The Morgan fingerprint density at radius 1 is 0.526 bits per heavy atom. The number of unbranched alkanes of at least 4 members (excludes halogenated alkanes) is 13. The molecular formula is C47H80NO8P. The maximum Gasteiger partial charge on any atom is 0.472 e. The molecule has 0 aromatic carbocycles. The second kappa shape index (κ2) is 42.8. The number of phosphoric ester groups is 1. The Bertz CT molecular complexity index is 1210. The zero-order valence-electron chi connectivity index (χ0n) is 35.8. The fourth-order valence-electron chi connectivity index (χ4n) is 5.47. The lowest BCUT2D eigenvalue weighted by Crippen LogP contribution is -2.29. The smallest absolute Gasteiger partial charge is 0.462 e. The van der Waals surface area contributed by atoms with Crippen LogP contribution in [0.2, 0.25) is 0 Å². The number of ether oxygens (including phenoxy) is 2. The molecule has 9 nitrogen and oxygen atoms in total. The minimum Gasteiger partial charge on any atom is -0.462 e. The van der Waals surface area contributed by atoms with Gasteiger partial charge in [0.15, 0.2) is 6.10 Å². The highest BCUT2D eigenvalue weighted by atomic mass is 31.2. The van der Waals surface area contributed by atoms with Crippen LogP contribution in [0, 0.1) is 0 Å². The van der Waals surface area contributed by atoms with E-state index in [2.05, 4.69) is 86.8 Å². The van der Waals surface area contributed by atoms with Crippen molar-refractivity contribution in [3.05, 3.63) is 85.1 Å². The SMILES string of the molecule is CCCCC/C=C\C/C=C\C/C=C\C/C=C\C/C=C\CCC(=O)OC[C@H](COP(=O)(O)OCCN)OC(=O)CCCCCCCCC/C=C\C/C=C\CCCCC. The van der Waals surface area contributed by atoms with Gasteiger partial charge in [-0.2, -0.15) is 0 Å². The largest absolute Gasteiger partial charge is 0.472 e. The Morgan fingerprint density at radius 3 is 1.42 bits per heavy atom. The first-order valence-corrected chi connectivity index (χ1v) is 23.6. The number of rotatable bonds is 40. The first-order chi connectivity index (χ1) is 27.8. The van der Waals surface area contributed by atoms with Gasteiger partial charge in [-0.25, -0.2) is 4.57 Å². The molecule has 0 spiro atoms. The number of esters is 2. The van der Waals surface area contributed by atoms with E-state index in [0.717, 1.165) is 57.8 Å². The Labute approximate surface area is 347 Å². The molecule has 1 unspecified atom stereocenters. The number of phosphoric acid groups is 1. The highest BCUT2D eigenvalue weighted by molar-refractivity contribution is 7.47. The standard InChI is InChI=1S/C47H80NO8P/c1-3-5-7-9-11-13-15-17-19-21-22-24-25-27-29-31-33-35-37-39-46(49)53-43-45(44-55-57(51,52)54-42-41-48)56-47(50)40-38-36-34-32-30-28-26-23-20-18-16-14-12-10-8-6-4-2/h11-14,17-20,22,24,27,29,33,35,45H,3-10,15-16,21,23,25-26,28,30-32,34,36-44,48H2,1-2H3,(H,51,52)/b13-11-,14-12-,19-17-,20-18-,24-22-,29-27-,35-33-/t45-/m1/s1. The lowest BCUT2D eigenvalue weighted by molar-refractivity contribution is -0.161. The average molecular weight is 818 g/mol. The number of carbonyl (C=O) groups is 2. The van der Waals surface area contributed by atoms with Crippen molar-refractivity contribution in [3.8, 4) is 0 Å². The quantitative estimate of drug-likeness (QED) is 0.0268. The van der Waals surface area contributed by atoms with Crippen LogP contribution in [0.3, 0.4) is 0 Å². The molecule has 0 saturated carbocycles. The third kappa shape index (κ3) is 42.6. The summed E-state index contributed by atoms with van der Waals surface area (Å²) in [5.41, 5.74) is 5.34. The molecule has 0 fully saturated rings. The van der Waals surface area contributed by atoms with Gasteiger partial charge in [0.25, 0.3) is 0 Å². The van der Waals surface area contributed by atoms with Crippen molar-refractivity contribution < 1.29 is 37.6 Å². The van der Waals surface area contributed by atoms with Gasteiger partial charge in [-0.1, -0.05) is 157 Å². The average Bonchev–Trinajstić information content (AvgIpc) is 3.20. The summed E-state index contributed by atoms with van der Waals surface area (Å²) in [5, 5.41) is 0. The van der Waals surface area contributed by atoms with E-state index < -0.39 is 32.5 Å². The lowest BCUT2D eigenvalue weighted by Gasteiger charge is -2.19. The van der Waals surface area contributed by atoms with Crippen LogP contribution in [0.5, 0.6) is 0 Å². The van der Waals surface area contributed by atoms with Crippen LogP contribution in [0.1, 0.15) is 168 Å². The van der Waals surface area contributed by atoms with Crippen LogP contribution >= 0.6 is 7.82 Å². The molecule has 0 amide bonds. The molecule has 0 radical (unpaired) electrons. The zero-order chi connectivity index (χ0) is 41.8. The van der Waals surface area contributed by atoms with E-state index in [-0.39, 0.29) is 32.6 Å². The monoisotopic (exact) mass is 818 g/mol. The lowest BCUT2D eigenvalue weighted by atomic mass is 10.1. The van der Waals surface area contributed by atoms with E-state index >= 15 is 0 Å². The van der Waals surface area contributed by atoms with E-state index in [1.54, 1.807) is 0 Å². The van der Waals surface area contributed by atoms with Gasteiger partial charge < -0.3 is 20.1 Å². The molecule has 326 valence electrons. The van der Waals surface area contributed by atoms with Crippen molar-refractivity contribution in [1.82, 2.24) is 0 Å². The van der Waals surface area contributed by atoms with Crippen molar-refractivity contribution in [1.29, 1.82) is 0 Å². The Morgan fingerprint density at radius 2 is 0.947 bits per heavy atom. The summed E-state index contributed by atoms with van der Waals surface area (Å²) in [6.07, 6.45) is 53.4. The molecule has 57 heavy (non-hydrogen) atoms. The maximum absolute atomic E-state index is 12.6. The van der Waals surface area contributed by atoms with Crippen LogP contribution in [0.25, 0.3) is 0 Å². The van der Waals surface area contributed by atoms with Gasteiger partial charge in [0.2, 0.25) is 0 Å². The van der Waals surface area contributed by atoms with Crippen LogP contribution < -0.4 is 5.73 Å². The second-order valence-corrected chi connectivity index (χ2v) is 15.7. The molecule has 0 aliphatic rings.